The number of imide groups is 1. The van der Waals surface area contributed by atoms with E-state index in [2.05, 4.69) is 6.07 Å². The highest BCUT2D eigenvalue weighted by molar-refractivity contribution is 6.46. The smallest absolute Gasteiger partial charge is 0.282 e. The van der Waals surface area contributed by atoms with Crippen LogP contribution in [0.15, 0.2) is 72.4 Å². The molecule has 0 aromatic heterocycles. The topological polar surface area (TPSA) is 49.9 Å². The molecule has 0 unspecified atom stereocenters. The van der Waals surface area contributed by atoms with Gasteiger partial charge >= 0.3 is 0 Å². The van der Waals surface area contributed by atoms with Gasteiger partial charge in [0.25, 0.3) is 11.8 Å². The van der Waals surface area contributed by atoms with Crippen LogP contribution in [0.1, 0.15) is 29.2 Å². The number of hydrogen-bond acceptors (Lipinski definition) is 4. The summed E-state index contributed by atoms with van der Waals surface area (Å²) >= 11 is 0. The lowest BCUT2D eigenvalue weighted by atomic mass is 9.99. The molecule has 2 aliphatic rings. The van der Waals surface area contributed by atoms with Crippen LogP contribution in [0.5, 0.6) is 5.75 Å². The average molecular weight is 439 g/mol. The van der Waals surface area contributed by atoms with Crippen molar-refractivity contribution in [2.45, 2.75) is 27.2 Å². The lowest BCUT2D eigenvalue weighted by molar-refractivity contribution is -0.120. The summed E-state index contributed by atoms with van der Waals surface area (Å²) in [6.07, 6.45) is 0.830. The molecule has 5 heteroatoms. The molecule has 3 aromatic carbocycles. The molecule has 5 rings (SSSR count). The standard InChI is InChI=1S/C28H26N2O3/c1-4-33-24-12-8-7-11-23(24)30-27(31)25(21-14-13-18(2)19(3)17-21)26(28(30)32)29-16-15-20-9-5-6-10-22(20)29/h5-14,17H,4,15-16H2,1-3H3. The van der Waals surface area contributed by atoms with E-state index in [9.17, 15) is 9.59 Å². The molecule has 0 N–H and O–H groups in total. The molecule has 0 radical (unpaired) electrons. The van der Waals surface area contributed by atoms with Crippen LogP contribution in [0.2, 0.25) is 0 Å². The summed E-state index contributed by atoms with van der Waals surface area (Å²) in [4.78, 5) is 31.1. The number of hydrogen-bond donors (Lipinski definition) is 0. The Labute approximate surface area is 193 Å². The summed E-state index contributed by atoms with van der Waals surface area (Å²) in [5, 5.41) is 0. The maximum Gasteiger partial charge on any atom is 0.282 e. The first-order valence-corrected chi connectivity index (χ1v) is 11.3. The number of benzene rings is 3. The monoisotopic (exact) mass is 438 g/mol. The summed E-state index contributed by atoms with van der Waals surface area (Å²) in [6.45, 7) is 7.04. The summed E-state index contributed by atoms with van der Waals surface area (Å²) < 4.78 is 5.76. The average Bonchev–Trinajstić information content (AvgIpc) is 3.34. The largest absolute Gasteiger partial charge is 0.492 e. The van der Waals surface area contributed by atoms with E-state index in [1.165, 1.54) is 10.5 Å². The molecule has 0 aliphatic carbocycles. The third-order valence-electron chi connectivity index (χ3n) is 6.42. The Morgan fingerprint density at radius 2 is 1.58 bits per heavy atom. The second kappa shape index (κ2) is 8.24. The normalized spacial score (nSPS) is 15.5. The minimum Gasteiger partial charge on any atom is -0.492 e. The Morgan fingerprint density at radius 3 is 2.33 bits per heavy atom. The van der Waals surface area contributed by atoms with Crippen molar-refractivity contribution < 1.29 is 14.3 Å². The van der Waals surface area contributed by atoms with Gasteiger partial charge in [0.05, 0.1) is 17.9 Å². The van der Waals surface area contributed by atoms with Gasteiger partial charge in [0.2, 0.25) is 0 Å². The van der Waals surface area contributed by atoms with E-state index in [1.54, 1.807) is 12.1 Å². The van der Waals surface area contributed by atoms with E-state index in [1.807, 2.05) is 74.2 Å². The van der Waals surface area contributed by atoms with Gasteiger partial charge in [-0.15, -0.1) is 0 Å². The van der Waals surface area contributed by atoms with Crippen molar-refractivity contribution in [3.63, 3.8) is 0 Å². The van der Waals surface area contributed by atoms with Crippen molar-refractivity contribution in [2.75, 3.05) is 23.0 Å². The molecule has 0 atom stereocenters. The Morgan fingerprint density at radius 1 is 0.848 bits per heavy atom. The zero-order valence-electron chi connectivity index (χ0n) is 19.1. The lowest BCUT2D eigenvalue weighted by Crippen LogP contribution is -2.35. The van der Waals surface area contributed by atoms with E-state index < -0.39 is 0 Å². The maximum absolute atomic E-state index is 14.0. The van der Waals surface area contributed by atoms with E-state index in [-0.39, 0.29) is 11.8 Å². The van der Waals surface area contributed by atoms with Crippen molar-refractivity contribution in [3.05, 3.63) is 94.7 Å². The predicted molar refractivity (Wildman–Crippen MR) is 130 cm³/mol. The molecule has 0 spiro atoms. The summed E-state index contributed by atoms with van der Waals surface area (Å²) in [6, 6.07) is 21.2. The molecule has 0 bridgehead atoms. The number of aryl methyl sites for hydroxylation is 2. The van der Waals surface area contributed by atoms with Crippen LogP contribution in [0.3, 0.4) is 0 Å². The number of carbonyl (C=O) groups excluding carboxylic acids is 2. The molecular weight excluding hydrogens is 412 g/mol. The second-order valence-electron chi connectivity index (χ2n) is 8.40. The number of amides is 2. The zero-order chi connectivity index (χ0) is 23.1. The van der Waals surface area contributed by atoms with Crippen LogP contribution in [0, 0.1) is 13.8 Å². The molecule has 5 nitrogen and oxygen atoms in total. The van der Waals surface area contributed by atoms with Crippen molar-refractivity contribution in [3.8, 4) is 5.75 Å². The molecule has 2 amide bonds. The highest BCUT2D eigenvalue weighted by Gasteiger charge is 2.45. The van der Waals surface area contributed by atoms with Crippen LogP contribution in [0.25, 0.3) is 5.57 Å². The third kappa shape index (κ3) is 3.41. The van der Waals surface area contributed by atoms with Gasteiger partial charge in [0.15, 0.2) is 0 Å². The summed E-state index contributed by atoms with van der Waals surface area (Å²) in [5.74, 6) is -0.129. The first kappa shape index (κ1) is 21.0. The number of para-hydroxylation sites is 3. The molecule has 33 heavy (non-hydrogen) atoms. The second-order valence-corrected chi connectivity index (χ2v) is 8.40. The molecule has 0 fully saturated rings. The van der Waals surface area contributed by atoms with Gasteiger partial charge in [-0.1, -0.05) is 48.5 Å². The number of carbonyl (C=O) groups is 2. The van der Waals surface area contributed by atoms with Crippen molar-refractivity contribution >= 4 is 28.8 Å². The quantitative estimate of drug-likeness (QED) is 0.523. The highest BCUT2D eigenvalue weighted by atomic mass is 16.5. The van der Waals surface area contributed by atoms with Gasteiger partial charge in [-0.3, -0.25) is 9.59 Å². The van der Waals surface area contributed by atoms with E-state index in [0.717, 1.165) is 28.8 Å². The third-order valence-corrected chi connectivity index (χ3v) is 6.42. The minimum atomic E-state index is -0.324. The molecule has 2 aliphatic heterocycles. The van der Waals surface area contributed by atoms with E-state index >= 15 is 0 Å². The Bertz CT molecular complexity index is 1310. The fraction of sp³-hybridized carbons (Fsp3) is 0.214. The van der Waals surface area contributed by atoms with E-state index in [0.29, 0.717) is 35.9 Å². The minimum absolute atomic E-state index is 0.322. The van der Waals surface area contributed by atoms with Gasteiger partial charge in [0.1, 0.15) is 11.4 Å². The zero-order valence-corrected chi connectivity index (χ0v) is 19.1. The number of nitrogens with zero attached hydrogens (tertiary/aromatic N) is 2. The van der Waals surface area contributed by atoms with Gasteiger partial charge in [-0.2, -0.15) is 0 Å². The summed E-state index contributed by atoms with van der Waals surface area (Å²) in [7, 11) is 0. The Kier molecular flexibility index (Phi) is 5.25. The Hall–Kier alpha value is -3.86. The van der Waals surface area contributed by atoms with Crippen LogP contribution >= 0.6 is 0 Å². The number of rotatable bonds is 5. The van der Waals surface area contributed by atoms with Crippen molar-refractivity contribution in [1.29, 1.82) is 0 Å². The first-order chi connectivity index (χ1) is 16.0. The van der Waals surface area contributed by atoms with Crippen LogP contribution in [-0.4, -0.2) is 25.0 Å². The highest BCUT2D eigenvalue weighted by Crippen LogP contribution is 2.42. The molecule has 0 saturated heterocycles. The van der Waals surface area contributed by atoms with E-state index in [4.69, 9.17) is 4.74 Å². The van der Waals surface area contributed by atoms with Crippen molar-refractivity contribution in [2.24, 2.45) is 0 Å². The fourth-order valence-corrected chi connectivity index (χ4v) is 4.63. The predicted octanol–water partition coefficient (Wildman–Crippen LogP) is 5.05. The van der Waals surface area contributed by atoms with Gasteiger partial charge in [-0.05, 0) is 67.6 Å². The van der Waals surface area contributed by atoms with Crippen LogP contribution in [0.4, 0.5) is 11.4 Å². The van der Waals surface area contributed by atoms with Gasteiger partial charge in [0, 0.05) is 12.2 Å². The molecular formula is C28H26N2O3. The fourth-order valence-electron chi connectivity index (χ4n) is 4.63. The molecule has 166 valence electrons. The lowest BCUT2D eigenvalue weighted by Gasteiger charge is -2.22. The molecule has 3 aromatic rings. The SMILES string of the molecule is CCOc1ccccc1N1C(=O)C(c2ccc(C)c(C)c2)=C(N2CCc3ccccc32)C1=O. The number of ether oxygens (including phenoxy) is 1. The molecule has 0 saturated carbocycles. The van der Waals surface area contributed by atoms with Gasteiger partial charge < -0.3 is 9.64 Å². The Balaban J connectivity index is 1.70. The van der Waals surface area contributed by atoms with Crippen molar-refractivity contribution in [1.82, 2.24) is 0 Å². The van der Waals surface area contributed by atoms with Gasteiger partial charge in [-0.25, -0.2) is 4.90 Å². The number of fused-ring (bicyclic) bond motifs is 1. The maximum atomic E-state index is 14.0. The van der Waals surface area contributed by atoms with Crippen LogP contribution < -0.4 is 14.5 Å². The number of anilines is 2. The van der Waals surface area contributed by atoms with Crippen LogP contribution in [-0.2, 0) is 16.0 Å². The first-order valence-electron chi connectivity index (χ1n) is 11.3. The molecule has 2 heterocycles. The summed E-state index contributed by atoms with van der Waals surface area (Å²) in [5.41, 5.74) is 6.47.